The molecule has 2 aliphatic rings. The summed E-state index contributed by atoms with van der Waals surface area (Å²) in [5.41, 5.74) is 3.15. The Morgan fingerprint density at radius 3 is 2.18 bits per heavy atom. The molecule has 58 valence electrons. The molecule has 0 fully saturated rings. The third-order valence-electron chi connectivity index (χ3n) is 2.51. The molecule has 0 aromatic carbocycles. The van der Waals surface area contributed by atoms with Gasteiger partial charge in [0.05, 0.1) is 0 Å². The monoisotopic (exact) mass is 146 g/mol. The number of hydrogen-bond acceptors (Lipinski definition) is 0. The second-order valence-electron chi connectivity index (χ2n) is 3.48. The molecule has 0 aromatic rings. The maximum atomic E-state index is 2.31. The Kier molecular flexibility index (Phi) is 1.69. The van der Waals surface area contributed by atoms with Gasteiger partial charge in [-0.2, -0.15) is 0 Å². The summed E-state index contributed by atoms with van der Waals surface area (Å²) in [5, 5.41) is 0. The van der Waals surface area contributed by atoms with Gasteiger partial charge in [-0.3, -0.25) is 0 Å². The van der Waals surface area contributed by atoms with Crippen LogP contribution < -0.4 is 0 Å². The van der Waals surface area contributed by atoms with Crippen molar-refractivity contribution in [3.63, 3.8) is 0 Å². The van der Waals surface area contributed by atoms with E-state index in [2.05, 4.69) is 31.2 Å². The first-order valence-corrected chi connectivity index (χ1v) is 4.45. The molecule has 0 saturated heterocycles. The van der Waals surface area contributed by atoms with E-state index >= 15 is 0 Å². The molecule has 0 N–H and O–H groups in total. The zero-order valence-electron chi connectivity index (χ0n) is 7.01. The first-order chi connectivity index (χ1) is 5.36. The van der Waals surface area contributed by atoms with Gasteiger partial charge in [0, 0.05) is 0 Å². The van der Waals surface area contributed by atoms with Crippen LogP contribution in [0.2, 0.25) is 0 Å². The average Bonchev–Trinajstić information content (AvgIpc) is 2.38. The van der Waals surface area contributed by atoms with Crippen molar-refractivity contribution in [1.82, 2.24) is 0 Å². The molecule has 0 heteroatoms. The molecule has 2 aliphatic carbocycles. The number of allylic oxidation sites excluding steroid dienone is 6. The number of rotatable bonds is 0. The van der Waals surface area contributed by atoms with Crippen LogP contribution in [0.1, 0.15) is 26.2 Å². The SMILES string of the molecule is CC1C=CC2=C(C=C1)CCC2. The van der Waals surface area contributed by atoms with Crippen LogP contribution in [0.5, 0.6) is 0 Å². The lowest BCUT2D eigenvalue weighted by molar-refractivity contribution is 0.890. The van der Waals surface area contributed by atoms with Gasteiger partial charge in [-0.25, -0.2) is 0 Å². The van der Waals surface area contributed by atoms with E-state index in [0.717, 1.165) is 0 Å². The minimum atomic E-state index is 0.626. The Labute approximate surface area is 68.3 Å². The van der Waals surface area contributed by atoms with E-state index in [9.17, 15) is 0 Å². The quantitative estimate of drug-likeness (QED) is 0.492. The molecule has 0 spiro atoms. The Morgan fingerprint density at radius 1 is 1.09 bits per heavy atom. The molecule has 0 saturated carbocycles. The predicted octanol–water partition coefficient (Wildman–Crippen LogP) is 3.23. The first kappa shape index (κ1) is 6.90. The smallest absolute Gasteiger partial charge is 0.00754 e. The molecule has 0 radical (unpaired) electrons. The summed E-state index contributed by atoms with van der Waals surface area (Å²) < 4.78 is 0. The molecular formula is C11H14. The molecular weight excluding hydrogens is 132 g/mol. The van der Waals surface area contributed by atoms with Crippen molar-refractivity contribution in [2.75, 3.05) is 0 Å². The average molecular weight is 146 g/mol. The third-order valence-corrected chi connectivity index (χ3v) is 2.51. The highest BCUT2D eigenvalue weighted by atomic mass is 14.2. The third kappa shape index (κ3) is 1.30. The zero-order chi connectivity index (χ0) is 7.68. The van der Waals surface area contributed by atoms with E-state index in [1.165, 1.54) is 19.3 Å². The first-order valence-electron chi connectivity index (χ1n) is 4.45. The lowest BCUT2D eigenvalue weighted by Gasteiger charge is -1.94. The molecule has 0 atom stereocenters. The molecule has 0 amide bonds. The van der Waals surface area contributed by atoms with Crippen LogP contribution in [0.25, 0.3) is 0 Å². The highest BCUT2D eigenvalue weighted by Crippen LogP contribution is 2.30. The second-order valence-corrected chi connectivity index (χ2v) is 3.48. The minimum Gasteiger partial charge on any atom is -0.0776 e. The summed E-state index contributed by atoms with van der Waals surface area (Å²) in [6.45, 7) is 2.23. The second kappa shape index (κ2) is 2.69. The van der Waals surface area contributed by atoms with Crippen LogP contribution >= 0.6 is 0 Å². The summed E-state index contributed by atoms with van der Waals surface area (Å²) in [4.78, 5) is 0. The lowest BCUT2D eigenvalue weighted by atomic mass is 10.1. The van der Waals surface area contributed by atoms with E-state index in [0.29, 0.717) is 5.92 Å². The Hall–Kier alpha value is -0.780. The summed E-state index contributed by atoms with van der Waals surface area (Å²) in [7, 11) is 0. The maximum absolute atomic E-state index is 2.31. The summed E-state index contributed by atoms with van der Waals surface area (Å²) in [6, 6.07) is 0. The van der Waals surface area contributed by atoms with Crippen LogP contribution in [0, 0.1) is 5.92 Å². The molecule has 11 heavy (non-hydrogen) atoms. The topological polar surface area (TPSA) is 0 Å². The van der Waals surface area contributed by atoms with E-state index in [1.54, 1.807) is 11.1 Å². The van der Waals surface area contributed by atoms with Gasteiger partial charge >= 0.3 is 0 Å². The van der Waals surface area contributed by atoms with Crippen LogP contribution in [0.4, 0.5) is 0 Å². The molecule has 0 aliphatic heterocycles. The van der Waals surface area contributed by atoms with Gasteiger partial charge in [0.25, 0.3) is 0 Å². The molecule has 0 aromatic heterocycles. The van der Waals surface area contributed by atoms with Crippen molar-refractivity contribution in [3.8, 4) is 0 Å². The fourth-order valence-electron chi connectivity index (χ4n) is 1.77. The minimum absolute atomic E-state index is 0.626. The lowest BCUT2D eigenvalue weighted by Crippen LogP contribution is -1.79. The van der Waals surface area contributed by atoms with Crippen molar-refractivity contribution in [2.24, 2.45) is 5.92 Å². The molecule has 0 nitrogen and oxygen atoms in total. The van der Waals surface area contributed by atoms with Crippen molar-refractivity contribution in [3.05, 3.63) is 35.5 Å². The van der Waals surface area contributed by atoms with Crippen molar-refractivity contribution in [1.29, 1.82) is 0 Å². The van der Waals surface area contributed by atoms with Gasteiger partial charge in [-0.15, -0.1) is 0 Å². The molecule has 0 unspecified atom stereocenters. The molecule has 0 bridgehead atoms. The van der Waals surface area contributed by atoms with Crippen molar-refractivity contribution >= 4 is 0 Å². The normalized spacial score (nSPS) is 24.1. The molecule has 2 rings (SSSR count). The van der Waals surface area contributed by atoms with E-state index in [4.69, 9.17) is 0 Å². The Bertz CT molecular complexity index is 217. The fourth-order valence-corrected chi connectivity index (χ4v) is 1.77. The van der Waals surface area contributed by atoms with Crippen molar-refractivity contribution < 1.29 is 0 Å². The van der Waals surface area contributed by atoms with E-state index in [1.807, 2.05) is 0 Å². The van der Waals surface area contributed by atoms with E-state index in [-0.39, 0.29) is 0 Å². The highest BCUT2D eigenvalue weighted by molar-refractivity contribution is 5.39. The van der Waals surface area contributed by atoms with Crippen LogP contribution in [0.3, 0.4) is 0 Å². The zero-order valence-corrected chi connectivity index (χ0v) is 7.01. The van der Waals surface area contributed by atoms with E-state index < -0.39 is 0 Å². The van der Waals surface area contributed by atoms with Crippen molar-refractivity contribution in [2.45, 2.75) is 26.2 Å². The van der Waals surface area contributed by atoms with Gasteiger partial charge in [-0.1, -0.05) is 31.2 Å². The van der Waals surface area contributed by atoms with Gasteiger partial charge < -0.3 is 0 Å². The Morgan fingerprint density at radius 2 is 1.64 bits per heavy atom. The summed E-state index contributed by atoms with van der Waals surface area (Å²) in [5.74, 6) is 0.626. The standard InChI is InChI=1S/C11H14/c1-9-5-7-10-3-2-4-11(10)8-6-9/h5-9H,2-4H2,1H3. The highest BCUT2D eigenvalue weighted by Gasteiger charge is 2.11. The largest absolute Gasteiger partial charge is 0.0776 e. The fraction of sp³-hybridized carbons (Fsp3) is 0.455. The van der Waals surface area contributed by atoms with Crippen LogP contribution in [-0.2, 0) is 0 Å². The predicted molar refractivity (Wildman–Crippen MR) is 48.3 cm³/mol. The van der Waals surface area contributed by atoms with Gasteiger partial charge in [0.1, 0.15) is 0 Å². The molecule has 0 heterocycles. The van der Waals surface area contributed by atoms with Crippen LogP contribution in [0.15, 0.2) is 35.5 Å². The Balaban J connectivity index is 2.30. The maximum Gasteiger partial charge on any atom is -0.00754 e. The van der Waals surface area contributed by atoms with Crippen LogP contribution in [-0.4, -0.2) is 0 Å². The number of hydrogen-bond donors (Lipinski definition) is 0. The summed E-state index contributed by atoms with van der Waals surface area (Å²) >= 11 is 0. The van der Waals surface area contributed by atoms with Gasteiger partial charge in [0.15, 0.2) is 0 Å². The van der Waals surface area contributed by atoms with Gasteiger partial charge in [0.2, 0.25) is 0 Å². The van der Waals surface area contributed by atoms with Gasteiger partial charge in [-0.05, 0) is 36.3 Å². The summed E-state index contributed by atoms with van der Waals surface area (Å²) in [6.07, 6.45) is 13.2.